The van der Waals surface area contributed by atoms with Crippen LogP contribution in [0.5, 0.6) is 23.0 Å². The van der Waals surface area contributed by atoms with Gasteiger partial charge in [-0.2, -0.15) is 0 Å². The summed E-state index contributed by atoms with van der Waals surface area (Å²) < 4.78 is 36.7. The Morgan fingerprint density at radius 1 is 0.675 bits per heavy atom. The molecule has 2 N–H and O–H groups in total. The van der Waals surface area contributed by atoms with Gasteiger partial charge in [0, 0.05) is 112 Å². The molecule has 2 atom stereocenters. The van der Waals surface area contributed by atoms with E-state index < -0.39 is 40.2 Å². The van der Waals surface area contributed by atoms with Gasteiger partial charge in [-0.1, -0.05) is 63.6 Å². The van der Waals surface area contributed by atoms with Gasteiger partial charge in [-0.05, 0) is 60.1 Å². The number of anilines is 3. The topological polar surface area (TPSA) is 192 Å². The van der Waals surface area contributed by atoms with Gasteiger partial charge in [0.05, 0.1) is 49.9 Å². The monoisotopic (exact) mass is 1090 g/mol. The van der Waals surface area contributed by atoms with E-state index in [0.717, 1.165) is 55.1 Å². The predicted molar refractivity (Wildman–Crippen MR) is 301 cm³/mol. The molecular formula is C56H75N7O12Si2. The Bertz CT molecular complexity index is 2780. The molecule has 0 saturated carbocycles. The number of carbonyl (C=O) groups is 5. The van der Waals surface area contributed by atoms with Crippen LogP contribution in [0.15, 0.2) is 78.7 Å². The molecule has 0 unspecified atom stereocenters. The van der Waals surface area contributed by atoms with Gasteiger partial charge in [-0.15, -0.1) is 0 Å². The number of piperazine rings is 1. The highest BCUT2D eigenvalue weighted by atomic mass is 28.3. The third-order valence-corrected chi connectivity index (χ3v) is 17.7. The molecule has 1 saturated heterocycles. The van der Waals surface area contributed by atoms with Crippen molar-refractivity contribution in [2.45, 2.75) is 82.7 Å². The number of likely N-dealkylation sites (N-methyl/N-ethyl adjacent to an activating group) is 1. The lowest BCUT2D eigenvalue weighted by Gasteiger charge is -2.34. The van der Waals surface area contributed by atoms with Crippen molar-refractivity contribution in [3.05, 3.63) is 95.3 Å². The van der Waals surface area contributed by atoms with Gasteiger partial charge in [0.1, 0.15) is 25.5 Å². The first kappa shape index (κ1) is 56.5. The Hall–Kier alpha value is -6.66. The SMILES string of the molecule is COc1cc2c(cc1OCCCOc1cc3c(cc1OC)C(=O)N1C=C(c4ccc(N5CCN(C)CC5)cc4)C[C@H]1C(=O)N3COCC[Si](C)(C)C)N(COCC[Si](C)(C)C)C(=O)[C@@H]1CC(C=CCNC(=O)O)=CN1C2=O. The molecule has 5 aliphatic rings. The summed E-state index contributed by atoms with van der Waals surface area (Å²) in [5, 5.41) is 11.3. The van der Waals surface area contributed by atoms with Crippen LogP contribution in [0.4, 0.5) is 21.9 Å². The highest BCUT2D eigenvalue weighted by molar-refractivity contribution is 6.76. The lowest BCUT2D eigenvalue weighted by atomic mass is 10.0. The summed E-state index contributed by atoms with van der Waals surface area (Å²) in [4.78, 5) is 79.9. The second kappa shape index (κ2) is 24.3. The first-order valence-corrected chi connectivity index (χ1v) is 33.9. The third-order valence-electron chi connectivity index (χ3n) is 14.3. The lowest BCUT2D eigenvalue weighted by Crippen LogP contribution is -2.45. The van der Waals surface area contributed by atoms with Crippen molar-refractivity contribution in [3.8, 4) is 23.0 Å². The van der Waals surface area contributed by atoms with Crippen molar-refractivity contribution in [3.63, 3.8) is 0 Å². The number of ether oxygens (including phenoxy) is 6. The van der Waals surface area contributed by atoms with Gasteiger partial charge >= 0.3 is 6.09 Å². The molecule has 1 fully saturated rings. The first-order valence-electron chi connectivity index (χ1n) is 26.5. The number of carboxylic acid groups (broad SMARTS) is 1. The van der Waals surface area contributed by atoms with Crippen molar-refractivity contribution < 1.29 is 57.5 Å². The number of fused-ring (bicyclic) bond motifs is 4. The lowest BCUT2D eigenvalue weighted by molar-refractivity contribution is -0.123. The minimum atomic E-state index is -1.47. The van der Waals surface area contributed by atoms with Crippen molar-refractivity contribution in [1.29, 1.82) is 0 Å². The fourth-order valence-electron chi connectivity index (χ4n) is 9.75. The molecule has 5 amide bonds. The summed E-state index contributed by atoms with van der Waals surface area (Å²) in [7, 11) is 2.18. The maximum Gasteiger partial charge on any atom is 0.404 e. The molecule has 0 aliphatic carbocycles. The third kappa shape index (κ3) is 13.6. The number of hydrogen-bond acceptors (Lipinski definition) is 13. The van der Waals surface area contributed by atoms with Crippen molar-refractivity contribution in [2.24, 2.45) is 0 Å². The van der Waals surface area contributed by atoms with Gasteiger partial charge in [0.25, 0.3) is 23.6 Å². The second-order valence-electron chi connectivity index (χ2n) is 22.5. The summed E-state index contributed by atoms with van der Waals surface area (Å²) in [5.41, 5.74) is 4.89. The van der Waals surface area contributed by atoms with Crippen LogP contribution >= 0.6 is 0 Å². The fourth-order valence-corrected chi connectivity index (χ4v) is 11.3. The van der Waals surface area contributed by atoms with Gasteiger partial charge in [0.2, 0.25) is 0 Å². The maximum absolute atomic E-state index is 14.8. The molecule has 0 radical (unpaired) electrons. The van der Waals surface area contributed by atoms with Gasteiger partial charge in [0.15, 0.2) is 23.0 Å². The number of carbonyl (C=O) groups excluding carboxylic acids is 4. The van der Waals surface area contributed by atoms with Crippen LogP contribution in [0.2, 0.25) is 51.4 Å². The van der Waals surface area contributed by atoms with Crippen molar-refractivity contribution in [1.82, 2.24) is 20.0 Å². The Kier molecular flexibility index (Phi) is 17.9. The Labute approximate surface area is 453 Å². The number of rotatable bonds is 23. The first-order chi connectivity index (χ1) is 36.7. The summed E-state index contributed by atoms with van der Waals surface area (Å²) in [6.07, 6.45) is 6.55. The maximum atomic E-state index is 14.8. The second-order valence-corrected chi connectivity index (χ2v) is 33.7. The zero-order valence-corrected chi connectivity index (χ0v) is 48.0. The number of benzene rings is 3. The summed E-state index contributed by atoms with van der Waals surface area (Å²) >= 11 is 0. The predicted octanol–water partition coefficient (Wildman–Crippen LogP) is 7.80. The highest BCUT2D eigenvalue weighted by Crippen LogP contribution is 2.44. The van der Waals surface area contributed by atoms with Crippen LogP contribution in [0, 0.1) is 0 Å². The van der Waals surface area contributed by atoms with Crippen LogP contribution in [-0.2, 0) is 19.1 Å². The molecule has 3 aromatic rings. The van der Waals surface area contributed by atoms with Gasteiger partial charge in [-0.3, -0.25) is 29.0 Å². The minimum absolute atomic E-state index is 0.0493. The number of methoxy groups -OCH3 is 2. The molecule has 77 heavy (non-hydrogen) atoms. The average Bonchev–Trinajstić information content (AvgIpc) is 4.15. The smallest absolute Gasteiger partial charge is 0.404 e. The fraction of sp³-hybridized carbons (Fsp3) is 0.482. The Morgan fingerprint density at radius 2 is 1.18 bits per heavy atom. The minimum Gasteiger partial charge on any atom is -0.493 e. The summed E-state index contributed by atoms with van der Waals surface area (Å²) in [6, 6.07) is 15.0. The Balaban J connectivity index is 0.995. The number of hydrogen-bond donors (Lipinski definition) is 2. The molecule has 21 heteroatoms. The normalized spacial score (nSPS) is 18.9. The quantitative estimate of drug-likeness (QED) is 0.0691. The van der Waals surface area contributed by atoms with E-state index in [1.807, 2.05) is 6.20 Å². The van der Waals surface area contributed by atoms with Gasteiger partial charge in [-0.25, -0.2) is 4.79 Å². The van der Waals surface area contributed by atoms with E-state index in [-0.39, 0.29) is 74.2 Å². The largest absolute Gasteiger partial charge is 0.493 e. The molecule has 414 valence electrons. The molecule has 19 nitrogen and oxygen atoms in total. The highest BCUT2D eigenvalue weighted by Gasteiger charge is 2.45. The van der Waals surface area contributed by atoms with E-state index in [0.29, 0.717) is 60.3 Å². The zero-order valence-electron chi connectivity index (χ0n) is 46.0. The molecule has 0 aromatic heterocycles. The number of nitrogens with one attached hydrogen (secondary N) is 1. The van der Waals surface area contributed by atoms with Crippen molar-refractivity contribution >= 4 is 68.5 Å². The number of nitrogens with zero attached hydrogens (tertiary/aromatic N) is 6. The van der Waals surface area contributed by atoms with E-state index >= 15 is 0 Å². The molecular weight excluding hydrogens is 1020 g/mol. The van der Waals surface area contributed by atoms with Gasteiger partial charge < -0.3 is 58.4 Å². The summed E-state index contributed by atoms with van der Waals surface area (Å²) in [6.45, 7) is 18.6. The van der Waals surface area contributed by atoms with Crippen LogP contribution in [0.3, 0.4) is 0 Å². The van der Waals surface area contributed by atoms with E-state index in [4.69, 9.17) is 33.5 Å². The molecule has 8 rings (SSSR count). The molecule has 3 aromatic carbocycles. The van der Waals surface area contributed by atoms with Crippen LogP contribution < -0.4 is 39.0 Å². The van der Waals surface area contributed by atoms with E-state index in [9.17, 15) is 24.0 Å². The van der Waals surface area contributed by atoms with Crippen molar-refractivity contribution in [2.75, 3.05) is 109 Å². The molecule has 5 heterocycles. The van der Waals surface area contributed by atoms with Crippen LogP contribution in [-0.4, -0.2) is 172 Å². The number of amides is 5. The average molecular weight is 1090 g/mol. The molecule has 5 aliphatic heterocycles. The van der Waals surface area contributed by atoms with E-state index in [1.165, 1.54) is 24.0 Å². The number of allylic oxidation sites excluding steroid dienone is 1. The standard InChI is InChI=1S/C56H75N7O12Si2/c1-58-18-20-59(21-19-58)41-15-13-39(14-16-41)40-29-47-55(67)63(37-73-25-27-77(7,8)9)45-33-51(49(71-3)31-43(45)53(65)61(47)35-40)75-23-11-22-74-50-32-44-42(30-48(50)70-2)52(64)60-34-38(12-10-17-57-56(68)69)28-46(60)54(66)62(44)36-72-24-26-76(4,5)6/h10,12-16,30-35,46-47,57H,11,17-29,36-37H2,1-9H3,(H,68,69)/t46-,47-/m0/s1. The Morgan fingerprint density at radius 3 is 1.68 bits per heavy atom. The zero-order chi connectivity index (χ0) is 55.2. The van der Waals surface area contributed by atoms with Crippen LogP contribution in [0.25, 0.3) is 5.57 Å². The van der Waals surface area contributed by atoms with E-state index in [2.05, 4.69) is 85.7 Å². The van der Waals surface area contributed by atoms with Crippen LogP contribution in [0.1, 0.15) is 45.5 Å². The molecule has 0 bridgehead atoms. The molecule has 0 spiro atoms. The van der Waals surface area contributed by atoms with E-state index in [1.54, 1.807) is 52.4 Å². The summed E-state index contributed by atoms with van der Waals surface area (Å²) in [5.74, 6) is -0.115.